The van der Waals surface area contributed by atoms with Crippen molar-refractivity contribution in [2.45, 2.75) is 73.0 Å². The number of hydrogen-bond donors (Lipinski definition) is 0. The lowest BCUT2D eigenvalue weighted by atomic mass is 9.94. The molecule has 0 unspecified atom stereocenters. The second-order valence-electron chi connectivity index (χ2n) is 9.50. The van der Waals surface area contributed by atoms with Gasteiger partial charge in [0.25, 0.3) is 0 Å². The summed E-state index contributed by atoms with van der Waals surface area (Å²) in [6, 6.07) is 13.1. The van der Waals surface area contributed by atoms with E-state index < -0.39 is 8.07 Å². The second-order valence-corrected chi connectivity index (χ2v) is 14.9. The first kappa shape index (κ1) is 21.6. The Labute approximate surface area is 167 Å². The Balaban J connectivity index is 2.60. The molecule has 0 heterocycles. The Hall–Kier alpha value is -1.74. The van der Waals surface area contributed by atoms with Crippen molar-refractivity contribution < 1.29 is 4.84 Å². The number of hydroxylamine groups is 1. The zero-order chi connectivity index (χ0) is 20.4. The molecule has 0 fully saturated rings. The van der Waals surface area contributed by atoms with Crippen LogP contribution in [0.1, 0.15) is 61.8 Å². The number of para-hydroxylation sites is 2. The molecule has 0 saturated carbocycles. The quantitative estimate of drug-likeness (QED) is 0.369. The highest BCUT2D eigenvalue weighted by Crippen LogP contribution is 2.37. The Bertz CT molecular complexity index is 728. The van der Waals surface area contributed by atoms with Crippen LogP contribution >= 0.6 is 0 Å². The first-order valence-electron chi connectivity index (χ1n) is 10.2. The van der Waals surface area contributed by atoms with Gasteiger partial charge in [0.05, 0.1) is 13.8 Å². The molecular formula is C24H37NOSi. The summed E-state index contributed by atoms with van der Waals surface area (Å²) in [7, 11) is -1.39. The van der Waals surface area contributed by atoms with Crippen LogP contribution in [-0.2, 0) is 0 Å². The molecule has 0 aliphatic heterocycles. The van der Waals surface area contributed by atoms with Crippen molar-refractivity contribution in [3.8, 4) is 5.75 Å². The fourth-order valence-corrected chi connectivity index (χ4v) is 4.57. The van der Waals surface area contributed by atoms with Gasteiger partial charge in [-0.05, 0) is 36.8 Å². The molecule has 2 aromatic rings. The van der Waals surface area contributed by atoms with E-state index >= 15 is 0 Å². The molecule has 0 radical (unpaired) electrons. The molecule has 148 valence electrons. The molecule has 0 bridgehead atoms. The maximum Gasteiger partial charge on any atom is 0.162 e. The molecule has 2 nitrogen and oxygen atoms in total. The summed E-state index contributed by atoms with van der Waals surface area (Å²) < 4.78 is 0. The van der Waals surface area contributed by atoms with E-state index in [2.05, 4.69) is 103 Å². The third-order valence-corrected chi connectivity index (χ3v) is 6.06. The molecule has 3 heteroatoms. The summed E-state index contributed by atoms with van der Waals surface area (Å²) in [5.41, 5.74) is 6.32. The van der Waals surface area contributed by atoms with Gasteiger partial charge in [-0.3, -0.25) is 0 Å². The maximum atomic E-state index is 6.79. The number of anilines is 1. The van der Waals surface area contributed by atoms with E-state index in [4.69, 9.17) is 4.84 Å². The molecule has 2 rings (SSSR count). The van der Waals surface area contributed by atoms with Crippen molar-refractivity contribution in [3.05, 3.63) is 58.7 Å². The number of rotatable bonds is 7. The van der Waals surface area contributed by atoms with E-state index in [1.165, 1.54) is 27.9 Å². The first-order chi connectivity index (χ1) is 12.5. The molecule has 27 heavy (non-hydrogen) atoms. The van der Waals surface area contributed by atoms with E-state index in [9.17, 15) is 0 Å². The Morgan fingerprint density at radius 1 is 0.815 bits per heavy atom. The Morgan fingerprint density at radius 2 is 1.26 bits per heavy atom. The average Bonchev–Trinajstić information content (AvgIpc) is 2.52. The molecule has 0 saturated heterocycles. The van der Waals surface area contributed by atoms with Gasteiger partial charge in [-0.25, -0.2) is 5.06 Å². The fraction of sp³-hybridized carbons (Fsp3) is 0.500. The van der Waals surface area contributed by atoms with Crippen LogP contribution in [0.5, 0.6) is 5.75 Å². The second kappa shape index (κ2) is 8.51. The van der Waals surface area contributed by atoms with Gasteiger partial charge in [-0.15, -0.1) is 0 Å². The third-order valence-electron chi connectivity index (χ3n) is 4.83. The van der Waals surface area contributed by atoms with Crippen molar-refractivity contribution in [2.24, 2.45) is 0 Å². The van der Waals surface area contributed by atoms with Crippen LogP contribution in [0.2, 0.25) is 19.6 Å². The molecular weight excluding hydrogens is 346 g/mol. The summed E-state index contributed by atoms with van der Waals surface area (Å²) in [6.45, 7) is 20.5. The van der Waals surface area contributed by atoms with Crippen LogP contribution in [0.15, 0.2) is 36.4 Å². The van der Waals surface area contributed by atoms with Gasteiger partial charge >= 0.3 is 0 Å². The van der Waals surface area contributed by atoms with Crippen molar-refractivity contribution in [1.29, 1.82) is 0 Å². The van der Waals surface area contributed by atoms with Gasteiger partial charge < -0.3 is 4.84 Å². The highest BCUT2D eigenvalue weighted by atomic mass is 28.3. The van der Waals surface area contributed by atoms with E-state index in [0.29, 0.717) is 11.8 Å². The lowest BCUT2D eigenvalue weighted by Gasteiger charge is -2.34. The summed E-state index contributed by atoms with van der Waals surface area (Å²) >= 11 is 0. The van der Waals surface area contributed by atoms with Crippen molar-refractivity contribution in [2.75, 3.05) is 11.2 Å². The molecule has 0 aliphatic rings. The smallest absolute Gasteiger partial charge is 0.162 e. The number of nitrogens with zero attached hydrogens (tertiary/aromatic N) is 1. The number of hydrogen-bond acceptors (Lipinski definition) is 2. The minimum atomic E-state index is -1.39. The van der Waals surface area contributed by atoms with Gasteiger partial charge in [0.15, 0.2) is 5.75 Å². The number of aryl methyl sites for hydroxylation is 2. The molecule has 0 N–H and O–H groups in total. The maximum absolute atomic E-state index is 6.79. The van der Waals surface area contributed by atoms with Crippen LogP contribution in [0.25, 0.3) is 0 Å². The van der Waals surface area contributed by atoms with Crippen LogP contribution in [-0.4, -0.2) is 14.2 Å². The SMILES string of the molecule is Cc1cccc(C)c1N(C[Si](C)(C)C)Oc1c(C(C)C)cccc1C(C)C. The molecule has 0 spiro atoms. The Kier molecular flexibility index (Phi) is 6.80. The van der Waals surface area contributed by atoms with E-state index in [0.717, 1.165) is 11.9 Å². The lowest BCUT2D eigenvalue weighted by molar-refractivity contribution is 0.285. The Morgan fingerprint density at radius 3 is 1.67 bits per heavy atom. The van der Waals surface area contributed by atoms with E-state index in [1.54, 1.807) is 0 Å². The monoisotopic (exact) mass is 383 g/mol. The van der Waals surface area contributed by atoms with Gasteiger partial charge in [0, 0.05) is 17.3 Å². The van der Waals surface area contributed by atoms with Gasteiger partial charge in [-0.2, -0.15) is 0 Å². The summed E-state index contributed by atoms with van der Waals surface area (Å²) in [5, 5.41) is 2.18. The number of benzene rings is 2. The molecule has 2 aromatic carbocycles. The zero-order valence-corrected chi connectivity index (χ0v) is 19.7. The van der Waals surface area contributed by atoms with Crippen LogP contribution in [0.4, 0.5) is 5.69 Å². The van der Waals surface area contributed by atoms with E-state index in [1.807, 2.05) is 0 Å². The van der Waals surface area contributed by atoms with Crippen LogP contribution in [0.3, 0.4) is 0 Å². The van der Waals surface area contributed by atoms with Crippen molar-refractivity contribution >= 4 is 13.8 Å². The first-order valence-corrected chi connectivity index (χ1v) is 13.9. The molecule has 0 aromatic heterocycles. The van der Waals surface area contributed by atoms with Crippen molar-refractivity contribution in [1.82, 2.24) is 0 Å². The largest absolute Gasteiger partial charge is 0.379 e. The standard InChI is InChI=1S/C24H37NOSi/c1-17(2)21-14-11-15-22(18(3)4)24(21)26-25(16-27(7,8)9)23-19(5)12-10-13-20(23)6/h10-15,17-18H,16H2,1-9H3. The fourth-order valence-electron chi connectivity index (χ4n) is 3.49. The highest BCUT2D eigenvalue weighted by molar-refractivity contribution is 6.76. The minimum absolute atomic E-state index is 0.422. The molecule has 0 amide bonds. The summed E-state index contributed by atoms with van der Waals surface area (Å²) in [4.78, 5) is 6.79. The van der Waals surface area contributed by atoms with Crippen LogP contribution < -0.4 is 9.90 Å². The normalized spacial score (nSPS) is 12.0. The lowest BCUT2D eigenvalue weighted by Crippen LogP contribution is -2.43. The summed E-state index contributed by atoms with van der Waals surface area (Å²) in [5.74, 6) is 1.89. The van der Waals surface area contributed by atoms with Crippen molar-refractivity contribution in [3.63, 3.8) is 0 Å². The molecule has 0 aliphatic carbocycles. The topological polar surface area (TPSA) is 12.5 Å². The predicted octanol–water partition coefficient (Wildman–Crippen LogP) is 7.23. The van der Waals surface area contributed by atoms with Crippen LogP contribution in [0, 0.1) is 13.8 Å². The van der Waals surface area contributed by atoms with Gasteiger partial charge in [0.1, 0.15) is 0 Å². The zero-order valence-electron chi connectivity index (χ0n) is 18.7. The highest BCUT2D eigenvalue weighted by Gasteiger charge is 2.25. The predicted molar refractivity (Wildman–Crippen MR) is 122 cm³/mol. The van der Waals surface area contributed by atoms with Gasteiger partial charge in [0.2, 0.25) is 0 Å². The summed E-state index contributed by atoms with van der Waals surface area (Å²) in [6.07, 6.45) is 0.961. The van der Waals surface area contributed by atoms with Gasteiger partial charge in [-0.1, -0.05) is 83.7 Å². The average molecular weight is 384 g/mol. The van der Waals surface area contributed by atoms with E-state index in [-0.39, 0.29) is 0 Å². The molecule has 0 atom stereocenters. The third kappa shape index (κ3) is 5.38. The minimum Gasteiger partial charge on any atom is -0.379 e.